The molecular formula is C13H25NO2. The number of carbonyl (C=O) groups excluding carboxylic acids is 1. The van der Waals surface area contributed by atoms with Crippen molar-refractivity contribution in [2.24, 2.45) is 17.3 Å². The van der Waals surface area contributed by atoms with Crippen LogP contribution in [0.4, 0.5) is 0 Å². The maximum absolute atomic E-state index is 12.3. The molecule has 16 heavy (non-hydrogen) atoms. The minimum Gasteiger partial charge on any atom is -0.388 e. The van der Waals surface area contributed by atoms with Gasteiger partial charge in [-0.3, -0.25) is 4.79 Å². The van der Waals surface area contributed by atoms with Crippen LogP contribution in [0.5, 0.6) is 0 Å². The summed E-state index contributed by atoms with van der Waals surface area (Å²) in [4.78, 5) is 13.9. The lowest BCUT2D eigenvalue weighted by atomic mass is 9.66. The highest BCUT2D eigenvalue weighted by atomic mass is 16.3. The molecule has 94 valence electrons. The van der Waals surface area contributed by atoms with Gasteiger partial charge in [-0.05, 0) is 31.6 Å². The Labute approximate surface area is 98.8 Å². The molecule has 1 rings (SSSR count). The summed E-state index contributed by atoms with van der Waals surface area (Å²) in [6.45, 7) is 7.97. The zero-order chi connectivity index (χ0) is 12.7. The van der Waals surface area contributed by atoms with Gasteiger partial charge in [0, 0.05) is 14.1 Å². The van der Waals surface area contributed by atoms with Gasteiger partial charge in [0.2, 0.25) is 5.91 Å². The highest BCUT2D eigenvalue weighted by Crippen LogP contribution is 2.54. The average molecular weight is 227 g/mol. The summed E-state index contributed by atoms with van der Waals surface area (Å²) in [5.74, 6) is 0.327. The van der Waals surface area contributed by atoms with E-state index in [9.17, 15) is 9.90 Å². The van der Waals surface area contributed by atoms with E-state index in [2.05, 4.69) is 0 Å². The second-order valence-corrected chi connectivity index (χ2v) is 5.95. The Bertz CT molecular complexity index is 288. The number of hydrogen-bond donors (Lipinski definition) is 1. The Kier molecular flexibility index (Phi) is 3.39. The van der Waals surface area contributed by atoms with Crippen LogP contribution >= 0.6 is 0 Å². The van der Waals surface area contributed by atoms with Gasteiger partial charge >= 0.3 is 0 Å². The van der Waals surface area contributed by atoms with E-state index in [0.29, 0.717) is 0 Å². The summed E-state index contributed by atoms with van der Waals surface area (Å²) in [6, 6.07) is 0. The normalized spacial score (nSPS) is 39.1. The fraction of sp³-hybridized carbons (Fsp3) is 0.923. The van der Waals surface area contributed by atoms with Gasteiger partial charge in [-0.25, -0.2) is 0 Å². The first-order valence-corrected chi connectivity index (χ1v) is 6.12. The topological polar surface area (TPSA) is 40.5 Å². The first-order valence-electron chi connectivity index (χ1n) is 6.12. The number of rotatable bonds is 2. The molecule has 0 aromatic heterocycles. The molecule has 0 radical (unpaired) electrons. The van der Waals surface area contributed by atoms with Crippen molar-refractivity contribution >= 4 is 5.91 Å². The van der Waals surface area contributed by atoms with Crippen molar-refractivity contribution in [3.05, 3.63) is 0 Å². The van der Waals surface area contributed by atoms with E-state index < -0.39 is 11.0 Å². The van der Waals surface area contributed by atoms with Crippen molar-refractivity contribution in [1.29, 1.82) is 0 Å². The average Bonchev–Trinajstić information content (AvgIpc) is 2.43. The Morgan fingerprint density at radius 2 is 1.94 bits per heavy atom. The summed E-state index contributed by atoms with van der Waals surface area (Å²) >= 11 is 0. The van der Waals surface area contributed by atoms with Crippen molar-refractivity contribution in [2.75, 3.05) is 14.1 Å². The number of carbonyl (C=O) groups is 1. The van der Waals surface area contributed by atoms with Crippen LogP contribution in [0.2, 0.25) is 0 Å². The third-order valence-electron chi connectivity index (χ3n) is 4.47. The number of aliphatic hydroxyl groups is 1. The van der Waals surface area contributed by atoms with Crippen molar-refractivity contribution < 1.29 is 9.90 Å². The van der Waals surface area contributed by atoms with E-state index in [1.54, 1.807) is 19.0 Å². The largest absolute Gasteiger partial charge is 0.388 e. The van der Waals surface area contributed by atoms with Gasteiger partial charge in [-0.15, -0.1) is 0 Å². The minimum absolute atomic E-state index is 0.0491. The summed E-state index contributed by atoms with van der Waals surface area (Å²) < 4.78 is 0. The van der Waals surface area contributed by atoms with Crippen LogP contribution in [0.15, 0.2) is 0 Å². The highest BCUT2D eigenvalue weighted by Gasteiger charge is 2.60. The predicted molar refractivity (Wildman–Crippen MR) is 65.0 cm³/mol. The molecule has 1 aliphatic rings. The van der Waals surface area contributed by atoms with Gasteiger partial charge in [0.1, 0.15) is 0 Å². The molecule has 1 aliphatic carbocycles. The van der Waals surface area contributed by atoms with Gasteiger partial charge in [-0.2, -0.15) is 0 Å². The molecule has 0 saturated heterocycles. The Morgan fingerprint density at radius 1 is 1.44 bits per heavy atom. The smallest absolute Gasteiger partial charge is 0.230 e. The molecule has 3 atom stereocenters. The van der Waals surface area contributed by atoms with Crippen molar-refractivity contribution in [2.45, 2.75) is 46.1 Å². The van der Waals surface area contributed by atoms with Gasteiger partial charge in [0.25, 0.3) is 0 Å². The molecule has 0 spiro atoms. The molecule has 3 heteroatoms. The summed E-state index contributed by atoms with van der Waals surface area (Å²) in [7, 11) is 3.52. The van der Waals surface area contributed by atoms with E-state index in [0.717, 1.165) is 12.8 Å². The van der Waals surface area contributed by atoms with Crippen LogP contribution in [0.3, 0.4) is 0 Å². The van der Waals surface area contributed by atoms with Crippen molar-refractivity contribution in [3.8, 4) is 0 Å². The second-order valence-electron chi connectivity index (χ2n) is 5.95. The van der Waals surface area contributed by atoms with E-state index in [-0.39, 0.29) is 17.7 Å². The molecule has 3 nitrogen and oxygen atoms in total. The van der Waals surface area contributed by atoms with Crippen LogP contribution in [0.25, 0.3) is 0 Å². The standard InChI is InChI=1S/C13H25NO2/c1-9(2)13(16)10(3)7-8-12(13,4)11(15)14(5)6/h9-10,16H,7-8H2,1-6H3/t10-,12+,13+/m0/s1. The highest BCUT2D eigenvalue weighted by molar-refractivity contribution is 5.84. The van der Waals surface area contributed by atoms with Crippen LogP contribution in [0.1, 0.15) is 40.5 Å². The second kappa shape index (κ2) is 4.02. The maximum Gasteiger partial charge on any atom is 0.230 e. The van der Waals surface area contributed by atoms with E-state index in [4.69, 9.17) is 0 Å². The molecule has 0 aromatic rings. The van der Waals surface area contributed by atoms with Gasteiger partial charge in [0.15, 0.2) is 0 Å². The zero-order valence-electron chi connectivity index (χ0n) is 11.4. The minimum atomic E-state index is -0.881. The molecule has 0 heterocycles. The SMILES string of the molecule is CC(C)[C@@]1(O)[C@@H](C)CC[C@]1(C)C(=O)N(C)C. The lowest BCUT2D eigenvalue weighted by molar-refractivity contribution is -0.164. The third-order valence-corrected chi connectivity index (χ3v) is 4.47. The first kappa shape index (κ1) is 13.5. The lowest BCUT2D eigenvalue weighted by Gasteiger charge is -2.45. The van der Waals surface area contributed by atoms with Crippen LogP contribution in [-0.2, 0) is 4.79 Å². The fourth-order valence-electron chi connectivity index (χ4n) is 3.45. The molecule has 1 fully saturated rings. The summed E-state index contributed by atoms with van der Waals surface area (Å²) in [5.41, 5.74) is -1.52. The molecule has 1 saturated carbocycles. The lowest BCUT2D eigenvalue weighted by Crippen LogP contribution is -2.56. The molecule has 0 aliphatic heterocycles. The van der Waals surface area contributed by atoms with E-state index >= 15 is 0 Å². The summed E-state index contributed by atoms with van der Waals surface area (Å²) in [5, 5.41) is 10.9. The number of hydrogen-bond acceptors (Lipinski definition) is 2. The Morgan fingerprint density at radius 3 is 2.31 bits per heavy atom. The van der Waals surface area contributed by atoms with Crippen molar-refractivity contribution in [1.82, 2.24) is 4.90 Å². The van der Waals surface area contributed by atoms with Gasteiger partial charge < -0.3 is 10.0 Å². The van der Waals surface area contributed by atoms with Gasteiger partial charge in [0.05, 0.1) is 11.0 Å². The van der Waals surface area contributed by atoms with Crippen LogP contribution in [0, 0.1) is 17.3 Å². The molecule has 0 aromatic carbocycles. The zero-order valence-corrected chi connectivity index (χ0v) is 11.4. The first-order chi connectivity index (χ1) is 7.18. The van der Waals surface area contributed by atoms with Crippen molar-refractivity contribution in [3.63, 3.8) is 0 Å². The monoisotopic (exact) mass is 227 g/mol. The van der Waals surface area contributed by atoms with Gasteiger partial charge in [-0.1, -0.05) is 20.8 Å². The quantitative estimate of drug-likeness (QED) is 0.782. The Hall–Kier alpha value is -0.570. The van der Waals surface area contributed by atoms with E-state index in [1.807, 2.05) is 27.7 Å². The summed E-state index contributed by atoms with van der Waals surface area (Å²) in [6.07, 6.45) is 1.70. The number of nitrogens with zero attached hydrogens (tertiary/aromatic N) is 1. The Balaban J connectivity index is 3.17. The maximum atomic E-state index is 12.3. The van der Waals surface area contributed by atoms with E-state index in [1.165, 1.54) is 0 Å². The third kappa shape index (κ3) is 1.56. The fourth-order valence-corrected chi connectivity index (χ4v) is 3.45. The predicted octanol–water partition coefficient (Wildman–Crippen LogP) is 1.90. The molecular weight excluding hydrogens is 202 g/mol. The number of amides is 1. The molecule has 1 N–H and O–H groups in total. The van der Waals surface area contributed by atoms with Crippen LogP contribution < -0.4 is 0 Å². The van der Waals surface area contributed by atoms with Crippen LogP contribution in [-0.4, -0.2) is 35.6 Å². The molecule has 1 amide bonds. The molecule has 0 unspecified atom stereocenters. The molecule has 0 bridgehead atoms.